The number of carboxylic acids is 1. The largest absolute Gasteiger partial charge is 0.481 e. The van der Waals surface area contributed by atoms with E-state index in [1.165, 1.54) is 0 Å². The standard InChI is InChI=1S/C8H12N2O3/c1-2-10-4-3-9-8(10)6(11)5-7(12)13/h3-4,6,11H,2,5H2,1H3,(H,12,13)/t6-/m1/s1. The first-order valence-electron chi connectivity index (χ1n) is 4.06. The van der Waals surface area contributed by atoms with Crippen LogP contribution >= 0.6 is 0 Å². The minimum Gasteiger partial charge on any atom is -0.481 e. The summed E-state index contributed by atoms with van der Waals surface area (Å²) >= 11 is 0. The van der Waals surface area contributed by atoms with Gasteiger partial charge in [0.05, 0.1) is 6.42 Å². The molecular weight excluding hydrogens is 172 g/mol. The molecule has 1 atom stereocenters. The van der Waals surface area contributed by atoms with Gasteiger partial charge in [-0.3, -0.25) is 4.79 Å². The number of imidazole rings is 1. The Morgan fingerprint density at radius 3 is 3.00 bits per heavy atom. The summed E-state index contributed by atoms with van der Waals surface area (Å²) in [7, 11) is 0. The van der Waals surface area contributed by atoms with Gasteiger partial charge in [0.25, 0.3) is 0 Å². The highest BCUT2D eigenvalue weighted by molar-refractivity contribution is 5.67. The summed E-state index contributed by atoms with van der Waals surface area (Å²) in [6.45, 7) is 2.57. The van der Waals surface area contributed by atoms with Gasteiger partial charge in [-0.15, -0.1) is 0 Å². The second-order valence-corrected chi connectivity index (χ2v) is 2.69. The number of carbonyl (C=O) groups is 1. The fourth-order valence-corrected chi connectivity index (χ4v) is 1.14. The van der Waals surface area contributed by atoms with Crippen LogP contribution in [0.1, 0.15) is 25.3 Å². The van der Waals surface area contributed by atoms with E-state index in [4.69, 9.17) is 5.11 Å². The first kappa shape index (κ1) is 9.73. The maximum absolute atomic E-state index is 10.3. The van der Waals surface area contributed by atoms with Crippen LogP contribution in [0.4, 0.5) is 0 Å². The number of aliphatic carboxylic acids is 1. The summed E-state index contributed by atoms with van der Waals surface area (Å²) in [5.41, 5.74) is 0. The second-order valence-electron chi connectivity index (χ2n) is 2.69. The summed E-state index contributed by atoms with van der Waals surface area (Å²) in [5, 5.41) is 17.9. The van der Waals surface area contributed by atoms with Crippen LogP contribution in [0.25, 0.3) is 0 Å². The molecule has 5 heteroatoms. The van der Waals surface area contributed by atoms with Crippen molar-refractivity contribution in [2.45, 2.75) is 26.0 Å². The van der Waals surface area contributed by atoms with Crippen LogP contribution in [0.15, 0.2) is 12.4 Å². The van der Waals surface area contributed by atoms with Crippen LogP contribution in [0.5, 0.6) is 0 Å². The number of hydrogen-bond donors (Lipinski definition) is 2. The summed E-state index contributed by atoms with van der Waals surface area (Å²) in [5.74, 6) is -0.622. The lowest BCUT2D eigenvalue weighted by Gasteiger charge is -2.09. The van der Waals surface area contributed by atoms with Crippen molar-refractivity contribution in [1.82, 2.24) is 9.55 Å². The van der Waals surface area contributed by atoms with Crippen molar-refractivity contribution < 1.29 is 15.0 Å². The quantitative estimate of drug-likeness (QED) is 0.710. The maximum atomic E-state index is 10.3. The predicted molar refractivity (Wildman–Crippen MR) is 45.1 cm³/mol. The first-order chi connectivity index (χ1) is 6.15. The van der Waals surface area contributed by atoms with Gasteiger partial charge in [0.15, 0.2) is 0 Å². The molecule has 0 aliphatic rings. The van der Waals surface area contributed by atoms with Crippen molar-refractivity contribution in [3.05, 3.63) is 18.2 Å². The molecule has 0 spiro atoms. The van der Waals surface area contributed by atoms with Gasteiger partial charge in [-0.05, 0) is 6.92 Å². The number of aliphatic hydroxyl groups excluding tert-OH is 1. The van der Waals surface area contributed by atoms with Crippen molar-refractivity contribution >= 4 is 5.97 Å². The van der Waals surface area contributed by atoms with Gasteiger partial charge in [-0.25, -0.2) is 4.98 Å². The molecule has 0 aliphatic heterocycles. The average Bonchev–Trinajstić information content (AvgIpc) is 2.49. The van der Waals surface area contributed by atoms with E-state index in [9.17, 15) is 9.90 Å². The summed E-state index contributed by atoms with van der Waals surface area (Å²) in [6.07, 6.45) is 1.92. The molecule has 1 heterocycles. The van der Waals surface area contributed by atoms with Crippen LogP contribution < -0.4 is 0 Å². The van der Waals surface area contributed by atoms with E-state index >= 15 is 0 Å². The zero-order chi connectivity index (χ0) is 9.84. The number of carboxylic acid groups (broad SMARTS) is 1. The number of rotatable bonds is 4. The summed E-state index contributed by atoms with van der Waals surface area (Å²) in [6, 6.07) is 0. The number of nitrogens with zero attached hydrogens (tertiary/aromatic N) is 2. The SMILES string of the molecule is CCn1ccnc1[C@H](O)CC(=O)O. The molecule has 1 aromatic heterocycles. The Morgan fingerprint density at radius 1 is 1.77 bits per heavy atom. The van der Waals surface area contributed by atoms with E-state index in [1.807, 2.05) is 6.92 Å². The lowest BCUT2D eigenvalue weighted by Crippen LogP contribution is -2.11. The third-order valence-electron chi connectivity index (χ3n) is 1.75. The van der Waals surface area contributed by atoms with Gasteiger partial charge in [0, 0.05) is 18.9 Å². The van der Waals surface area contributed by atoms with Gasteiger partial charge in [0.1, 0.15) is 11.9 Å². The lowest BCUT2D eigenvalue weighted by atomic mass is 10.2. The van der Waals surface area contributed by atoms with Crippen molar-refractivity contribution in [3.8, 4) is 0 Å². The molecule has 0 fully saturated rings. The second kappa shape index (κ2) is 4.04. The van der Waals surface area contributed by atoms with E-state index in [0.717, 1.165) is 0 Å². The summed E-state index contributed by atoms with van der Waals surface area (Å²) < 4.78 is 1.72. The van der Waals surface area contributed by atoms with E-state index in [1.54, 1.807) is 17.0 Å². The molecule has 0 unspecified atom stereocenters. The fourth-order valence-electron chi connectivity index (χ4n) is 1.14. The smallest absolute Gasteiger partial charge is 0.306 e. The van der Waals surface area contributed by atoms with E-state index in [-0.39, 0.29) is 6.42 Å². The van der Waals surface area contributed by atoms with Gasteiger partial charge < -0.3 is 14.8 Å². The predicted octanol–water partition coefficient (Wildman–Crippen LogP) is 0.411. The molecule has 0 amide bonds. The topological polar surface area (TPSA) is 75.3 Å². The van der Waals surface area contributed by atoms with Gasteiger partial charge in [-0.1, -0.05) is 0 Å². The molecular formula is C8H12N2O3. The number of aromatic nitrogens is 2. The molecule has 13 heavy (non-hydrogen) atoms. The molecule has 5 nitrogen and oxygen atoms in total. The average molecular weight is 184 g/mol. The van der Waals surface area contributed by atoms with Crippen LogP contribution in [0.2, 0.25) is 0 Å². The van der Waals surface area contributed by atoms with Crippen molar-refractivity contribution in [1.29, 1.82) is 0 Å². The highest BCUT2D eigenvalue weighted by Crippen LogP contribution is 2.14. The van der Waals surface area contributed by atoms with Gasteiger partial charge >= 0.3 is 5.97 Å². The Labute approximate surface area is 75.6 Å². The molecule has 2 N–H and O–H groups in total. The third kappa shape index (κ3) is 2.29. The third-order valence-corrected chi connectivity index (χ3v) is 1.75. The van der Waals surface area contributed by atoms with Crippen LogP contribution in [-0.4, -0.2) is 25.7 Å². The number of aliphatic hydroxyl groups is 1. The van der Waals surface area contributed by atoms with Crippen LogP contribution in [0, 0.1) is 0 Å². The van der Waals surface area contributed by atoms with Gasteiger partial charge in [-0.2, -0.15) is 0 Å². The van der Waals surface area contributed by atoms with E-state index in [2.05, 4.69) is 4.98 Å². The minimum absolute atomic E-state index is 0.309. The Bertz CT molecular complexity index is 295. The minimum atomic E-state index is -1.03. The van der Waals surface area contributed by atoms with Crippen molar-refractivity contribution in [2.75, 3.05) is 0 Å². The number of aryl methyl sites for hydroxylation is 1. The zero-order valence-electron chi connectivity index (χ0n) is 7.34. The molecule has 0 radical (unpaired) electrons. The monoisotopic (exact) mass is 184 g/mol. The van der Waals surface area contributed by atoms with E-state index < -0.39 is 12.1 Å². The molecule has 0 bridgehead atoms. The highest BCUT2D eigenvalue weighted by Gasteiger charge is 2.16. The molecule has 0 saturated heterocycles. The van der Waals surface area contributed by atoms with Crippen LogP contribution in [0.3, 0.4) is 0 Å². The molecule has 72 valence electrons. The molecule has 1 rings (SSSR count). The normalized spacial score (nSPS) is 12.8. The lowest BCUT2D eigenvalue weighted by molar-refractivity contribution is -0.139. The number of hydrogen-bond acceptors (Lipinski definition) is 3. The summed E-state index contributed by atoms with van der Waals surface area (Å²) in [4.78, 5) is 14.2. The Hall–Kier alpha value is -1.36. The zero-order valence-corrected chi connectivity index (χ0v) is 7.34. The molecule has 0 aromatic carbocycles. The first-order valence-corrected chi connectivity index (χ1v) is 4.06. The highest BCUT2D eigenvalue weighted by atomic mass is 16.4. The van der Waals surface area contributed by atoms with Crippen molar-refractivity contribution in [2.24, 2.45) is 0 Å². The molecule has 0 aliphatic carbocycles. The molecule has 1 aromatic rings. The fraction of sp³-hybridized carbons (Fsp3) is 0.500. The Morgan fingerprint density at radius 2 is 2.46 bits per heavy atom. The van der Waals surface area contributed by atoms with Crippen LogP contribution in [-0.2, 0) is 11.3 Å². The van der Waals surface area contributed by atoms with Gasteiger partial charge in [0.2, 0.25) is 0 Å². The maximum Gasteiger partial charge on any atom is 0.306 e. The van der Waals surface area contributed by atoms with Crippen molar-refractivity contribution in [3.63, 3.8) is 0 Å². The molecule has 0 saturated carbocycles. The Balaban J connectivity index is 2.75. The van der Waals surface area contributed by atoms with E-state index in [0.29, 0.717) is 12.4 Å². The Kier molecular flexibility index (Phi) is 3.02.